The lowest BCUT2D eigenvalue weighted by Crippen LogP contribution is -2.48. The highest BCUT2D eigenvalue weighted by Crippen LogP contribution is 2.43. The van der Waals surface area contributed by atoms with Crippen molar-refractivity contribution in [1.82, 2.24) is 9.88 Å². The van der Waals surface area contributed by atoms with Crippen LogP contribution in [0.25, 0.3) is 10.9 Å². The molecule has 3 aromatic rings. The lowest BCUT2D eigenvalue weighted by atomic mass is 9.85. The zero-order valence-electron chi connectivity index (χ0n) is 14.2. The number of rotatable bonds is 1. The molecule has 5 heteroatoms. The van der Waals surface area contributed by atoms with Gasteiger partial charge in [0.1, 0.15) is 0 Å². The molecule has 1 unspecified atom stereocenters. The van der Waals surface area contributed by atoms with Gasteiger partial charge in [-0.15, -0.1) is 0 Å². The van der Waals surface area contributed by atoms with Crippen molar-refractivity contribution in [3.05, 3.63) is 71.4 Å². The topological polar surface area (TPSA) is 62.4 Å². The van der Waals surface area contributed by atoms with Gasteiger partial charge >= 0.3 is 5.97 Å². The summed E-state index contributed by atoms with van der Waals surface area (Å²) in [7, 11) is 0. The molecule has 0 bridgehead atoms. The van der Waals surface area contributed by atoms with Crippen molar-refractivity contribution in [2.75, 3.05) is 13.1 Å². The molecule has 5 nitrogen and oxygen atoms in total. The Hall–Kier alpha value is -3.08. The van der Waals surface area contributed by atoms with E-state index in [4.69, 9.17) is 4.74 Å². The maximum Gasteiger partial charge on any atom is 0.339 e. The number of piperidine rings is 1. The van der Waals surface area contributed by atoms with Crippen molar-refractivity contribution in [2.45, 2.75) is 18.4 Å². The van der Waals surface area contributed by atoms with Crippen LogP contribution < -0.4 is 0 Å². The molecule has 2 aliphatic heterocycles. The second kappa shape index (κ2) is 5.46. The standard InChI is InChI=1S/C21H18N2O3/c24-19(16-12-22-18-9-4-2-6-14(16)18)23-11-5-10-21(13-23)17-8-3-1-7-15(17)20(25)26-21/h1-4,6-9,12,22H,5,10-11,13H2. The summed E-state index contributed by atoms with van der Waals surface area (Å²) in [6.45, 7) is 1.06. The lowest BCUT2D eigenvalue weighted by Gasteiger charge is -2.39. The monoisotopic (exact) mass is 346 g/mol. The van der Waals surface area contributed by atoms with E-state index in [-0.39, 0.29) is 11.9 Å². The van der Waals surface area contributed by atoms with Crippen LogP contribution in [0.15, 0.2) is 54.7 Å². The summed E-state index contributed by atoms with van der Waals surface area (Å²) in [5.74, 6) is -0.316. The van der Waals surface area contributed by atoms with E-state index in [9.17, 15) is 9.59 Å². The number of carbonyl (C=O) groups excluding carboxylic acids is 2. The van der Waals surface area contributed by atoms with Crippen LogP contribution in [0, 0.1) is 0 Å². The zero-order chi connectivity index (χ0) is 17.7. The molecule has 26 heavy (non-hydrogen) atoms. The first-order valence-corrected chi connectivity index (χ1v) is 8.86. The van der Waals surface area contributed by atoms with Crippen LogP contribution in [0.3, 0.4) is 0 Å². The van der Waals surface area contributed by atoms with Crippen LogP contribution >= 0.6 is 0 Å². The SMILES string of the molecule is O=C1OC2(CCCN(C(=O)c3c[nH]c4ccccc34)C2)c2ccccc21. The number of hydrogen-bond donors (Lipinski definition) is 1. The summed E-state index contributed by atoms with van der Waals surface area (Å²) in [6, 6.07) is 15.3. The first-order chi connectivity index (χ1) is 12.7. The fraction of sp³-hybridized carbons (Fsp3) is 0.238. The van der Waals surface area contributed by atoms with Crippen molar-refractivity contribution in [3.63, 3.8) is 0 Å². The molecular weight excluding hydrogens is 328 g/mol. The number of aromatic nitrogens is 1. The van der Waals surface area contributed by atoms with Gasteiger partial charge in [0.05, 0.1) is 17.7 Å². The molecule has 0 saturated carbocycles. The predicted molar refractivity (Wildman–Crippen MR) is 97.0 cm³/mol. The van der Waals surface area contributed by atoms with Gasteiger partial charge in [0.25, 0.3) is 5.91 Å². The second-order valence-electron chi connectivity index (χ2n) is 7.01. The number of aromatic amines is 1. The van der Waals surface area contributed by atoms with Gasteiger partial charge in [-0.2, -0.15) is 0 Å². The third-order valence-electron chi connectivity index (χ3n) is 5.49. The van der Waals surface area contributed by atoms with E-state index in [1.54, 1.807) is 12.3 Å². The van der Waals surface area contributed by atoms with Gasteiger partial charge in [-0.1, -0.05) is 36.4 Å². The first kappa shape index (κ1) is 15.2. The fourth-order valence-electron chi connectivity index (χ4n) is 4.26. The van der Waals surface area contributed by atoms with Crippen LogP contribution in [-0.2, 0) is 10.3 Å². The van der Waals surface area contributed by atoms with Gasteiger partial charge in [0, 0.05) is 29.2 Å². The number of benzene rings is 2. The number of amides is 1. The number of H-pyrrole nitrogens is 1. The number of para-hydroxylation sites is 1. The number of nitrogens with one attached hydrogen (secondary N) is 1. The smallest absolute Gasteiger partial charge is 0.339 e. The third-order valence-corrected chi connectivity index (χ3v) is 5.49. The van der Waals surface area contributed by atoms with E-state index < -0.39 is 5.60 Å². The number of ether oxygens (including phenoxy) is 1. The molecule has 1 fully saturated rings. The summed E-state index contributed by atoms with van der Waals surface area (Å²) in [6.07, 6.45) is 3.31. The Morgan fingerprint density at radius 1 is 1.12 bits per heavy atom. The van der Waals surface area contributed by atoms with Crippen LogP contribution in [0.1, 0.15) is 39.1 Å². The van der Waals surface area contributed by atoms with Crippen molar-refractivity contribution >= 4 is 22.8 Å². The van der Waals surface area contributed by atoms with E-state index in [1.165, 1.54) is 0 Å². The van der Waals surface area contributed by atoms with Gasteiger partial charge in [0.2, 0.25) is 0 Å². The maximum absolute atomic E-state index is 13.2. The van der Waals surface area contributed by atoms with Gasteiger partial charge in [0.15, 0.2) is 5.60 Å². The molecule has 1 amide bonds. The second-order valence-corrected chi connectivity index (χ2v) is 7.01. The van der Waals surface area contributed by atoms with Gasteiger partial charge in [-0.3, -0.25) is 4.79 Å². The van der Waals surface area contributed by atoms with Crippen molar-refractivity contribution < 1.29 is 14.3 Å². The van der Waals surface area contributed by atoms with Gasteiger partial charge in [-0.05, 0) is 25.0 Å². The minimum atomic E-state index is -0.715. The first-order valence-electron chi connectivity index (χ1n) is 8.86. The highest BCUT2D eigenvalue weighted by Gasteiger charge is 2.48. The lowest BCUT2D eigenvalue weighted by molar-refractivity contribution is -0.0442. The molecule has 0 aliphatic carbocycles. The minimum Gasteiger partial charge on any atom is -0.449 e. The quantitative estimate of drug-likeness (QED) is 0.686. The Balaban J connectivity index is 1.50. The molecule has 1 N–H and O–H groups in total. The Kier molecular flexibility index (Phi) is 3.19. The number of carbonyl (C=O) groups is 2. The molecule has 3 heterocycles. The molecule has 1 saturated heterocycles. The van der Waals surface area contributed by atoms with Gasteiger partial charge in [-0.25, -0.2) is 4.79 Å². The molecule has 5 rings (SSSR count). The number of hydrogen-bond acceptors (Lipinski definition) is 3. The van der Waals surface area contributed by atoms with E-state index in [2.05, 4.69) is 4.98 Å². The predicted octanol–water partition coefficient (Wildman–Crippen LogP) is 3.47. The number of nitrogens with zero attached hydrogens (tertiary/aromatic N) is 1. The van der Waals surface area contributed by atoms with Crippen LogP contribution in [0.4, 0.5) is 0 Å². The van der Waals surface area contributed by atoms with Crippen molar-refractivity contribution in [2.24, 2.45) is 0 Å². The van der Waals surface area contributed by atoms with E-state index in [1.807, 2.05) is 47.4 Å². The molecule has 130 valence electrons. The van der Waals surface area contributed by atoms with Crippen molar-refractivity contribution in [3.8, 4) is 0 Å². The maximum atomic E-state index is 13.2. The Labute approximate surface area is 150 Å². The normalized spacial score (nSPS) is 21.8. The third kappa shape index (κ3) is 2.10. The summed E-state index contributed by atoms with van der Waals surface area (Å²) in [4.78, 5) is 30.4. The summed E-state index contributed by atoms with van der Waals surface area (Å²) < 4.78 is 5.80. The number of esters is 1. The molecule has 1 spiro atoms. The number of fused-ring (bicyclic) bond motifs is 3. The Morgan fingerprint density at radius 3 is 2.85 bits per heavy atom. The molecule has 1 atom stereocenters. The van der Waals surface area contributed by atoms with Crippen molar-refractivity contribution in [1.29, 1.82) is 0 Å². The molecule has 1 aromatic heterocycles. The van der Waals surface area contributed by atoms with Crippen LogP contribution in [-0.4, -0.2) is 34.8 Å². The summed E-state index contributed by atoms with van der Waals surface area (Å²) >= 11 is 0. The largest absolute Gasteiger partial charge is 0.449 e. The van der Waals surface area contributed by atoms with E-state index >= 15 is 0 Å². The molecule has 2 aromatic carbocycles. The summed E-state index contributed by atoms with van der Waals surface area (Å²) in [5.41, 5.74) is 2.42. The van der Waals surface area contributed by atoms with Gasteiger partial charge < -0.3 is 14.6 Å². The summed E-state index contributed by atoms with van der Waals surface area (Å²) in [5, 5.41) is 0.918. The van der Waals surface area contributed by atoms with E-state index in [0.29, 0.717) is 24.2 Å². The fourth-order valence-corrected chi connectivity index (χ4v) is 4.26. The number of likely N-dealkylation sites (tertiary alicyclic amines) is 1. The zero-order valence-corrected chi connectivity index (χ0v) is 14.2. The van der Waals surface area contributed by atoms with Crippen LogP contribution in [0.5, 0.6) is 0 Å². The average molecular weight is 346 g/mol. The van der Waals surface area contributed by atoms with E-state index in [0.717, 1.165) is 29.3 Å². The Bertz CT molecular complexity index is 1040. The highest BCUT2D eigenvalue weighted by atomic mass is 16.6. The molecule has 0 radical (unpaired) electrons. The molecular formula is C21H18N2O3. The minimum absolute atomic E-state index is 0.0260. The average Bonchev–Trinajstić information content (AvgIpc) is 3.22. The molecule has 2 aliphatic rings. The van der Waals surface area contributed by atoms with Crippen LogP contribution in [0.2, 0.25) is 0 Å². The highest BCUT2D eigenvalue weighted by molar-refractivity contribution is 6.06. The Morgan fingerprint density at radius 2 is 1.92 bits per heavy atom.